The zero-order valence-electron chi connectivity index (χ0n) is 13.2. The summed E-state index contributed by atoms with van der Waals surface area (Å²) >= 11 is 0. The fraction of sp³-hybridized carbons (Fsp3) is 0.389. The molecule has 0 unspecified atom stereocenters. The molecule has 0 bridgehead atoms. The van der Waals surface area contributed by atoms with Gasteiger partial charge in [-0.15, -0.1) is 0 Å². The Morgan fingerprint density at radius 3 is 2.30 bits per heavy atom. The van der Waals surface area contributed by atoms with Crippen LogP contribution in [0.2, 0.25) is 0 Å². The predicted molar refractivity (Wildman–Crippen MR) is 87.2 cm³/mol. The Balaban J connectivity index is 0.000000238. The molecule has 0 spiro atoms. The van der Waals surface area contributed by atoms with E-state index in [1.54, 1.807) is 6.92 Å². The summed E-state index contributed by atoms with van der Waals surface area (Å²) in [6, 6.07) is 0. The van der Waals surface area contributed by atoms with Gasteiger partial charge in [0.2, 0.25) is 0 Å². The van der Waals surface area contributed by atoms with E-state index in [-0.39, 0.29) is 5.57 Å². The highest BCUT2D eigenvalue weighted by molar-refractivity contribution is 5.83. The van der Waals surface area contributed by atoms with Gasteiger partial charge in [-0.2, -0.15) is 13.2 Å². The summed E-state index contributed by atoms with van der Waals surface area (Å²) in [6.07, 6.45) is 5.83. The van der Waals surface area contributed by atoms with Gasteiger partial charge in [-0.05, 0) is 49.3 Å². The van der Waals surface area contributed by atoms with Crippen LogP contribution in [-0.4, -0.2) is 18.6 Å². The average molecular weight is 327 g/mol. The van der Waals surface area contributed by atoms with E-state index in [0.29, 0.717) is 18.4 Å². The Morgan fingerprint density at radius 1 is 1.17 bits per heavy atom. The third-order valence-corrected chi connectivity index (χ3v) is 3.56. The minimum Gasteiger partial charge on any atom is -0.266 e. The van der Waals surface area contributed by atoms with Crippen molar-refractivity contribution in [2.24, 2.45) is 4.99 Å². The lowest BCUT2D eigenvalue weighted by atomic mass is 9.99. The lowest BCUT2D eigenvalue weighted by Gasteiger charge is -2.15. The predicted octanol–water partition coefficient (Wildman–Crippen LogP) is 6.03. The molecule has 23 heavy (non-hydrogen) atoms. The third kappa shape index (κ3) is 6.38. The van der Waals surface area contributed by atoms with Crippen molar-refractivity contribution in [2.75, 3.05) is 6.67 Å². The highest BCUT2D eigenvalue weighted by Gasteiger charge is 2.34. The van der Waals surface area contributed by atoms with Crippen molar-refractivity contribution in [3.63, 3.8) is 0 Å². The van der Waals surface area contributed by atoms with Gasteiger partial charge in [0.05, 0.1) is 5.57 Å². The van der Waals surface area contributed by atoms with Gasteiger partial charge in [-0.25, -0.2) is 4.39 Å². The summed E-state index contributed by atoms with van der Waals surface area (Å²) in [5.74, 6) is 0. The number of hydrogen-bond donors (Lipinski definition) is 0. The molecule has 0 saturated heterocycles. The van der Waals surface area contributed by atoms with Gasteiger partial charge in [-0.3, -0.25) is 4.99 Å². The standard InChI is InChI=1S/C9H10F3N.C9H11F/c1-6-3-4-8(5-13-6)7(2)9(10,11)12;1-8(7-10)9-5-3-2-4-6-9/h5H,2-4H2,1H3;2-3,5H,1,4,6-7H2. The van der Waals surface area contributed by atoms with E-state index in [4.69, 9.17) is 0 Å². The molecule has 2 aliphatic rings. The molecule has 1 heterocycles. The first-order valence-corrected chi connectivity index (χ1v) is 7.34. The monoisotopic (exact) mass is 327 g/mol. The van der Waals surface area contributed by atoms with Gasteiger partial charge < -0.3 is 0 Å². The van der Waals surface area contributed by atoms with Crippen LogP contribution in [0.5, 0.6) is 0 Å². The summed E-state index contributed by atoms with van der Waals surface area (Å²) in [5, 5.41) is 0. The lowest BCUT2D eigenvalue weighted by Crippen LogP contribution is -2.14. The molecule has 0 N–H and O–H groups in total. The van der Waals surface area contributed by atoms with Crippen molar-refractivity contribution in [3.05, 3.63) is 59.9 Å². The van der Waals surface area contributed by atoms with Gasteiger partial charge in [0, 0.05) is 11.9 Å². The number of hydrogen-bond acceptors (Lipinski definition) is 1. The molecule has 0 radical (unpaired) electrons. The summed E-state index contributed by atoms with van der Waals surface area (Å²) in [4.78, 5) is 3.84. The first kappa shape index (κ1) is 19.1. The topological polar surface area (TPSA) is 12.4 Å². The van der Waals surface area contributed by atoms with E-state index in [9.17, 15) is 17.6 Å². The highest BCUT2D eigenvalue weighted by atomic mass is 19.4. The molecule has 0 atom stereocenters. The average Bonchev–Trinajstić information content (AvgIpc) is 2.55. The van der Waals surface area contributed by atoms with Crippen molar-refractivity contribution in [1.29, 1.82) is 0 Å². The summed E-state index contributed by atoms with van der Waals surface area (Å²) < 4.78 is 48.4. The van der Waals surface area contributed by atoms with E-state index in [1.165, 1.54) is 6.20 Å². The number of allylic oxidation sites excluding steroid dienone is 7. The molecular weight excluding hydrogens is 306 g/mol. The molecule has 2 rings (SSSR count). The molecule has 0 saturated carbocycles. The fourth-order valence-corrected chi connectivity index (χ4v) is 2.03. The molecule has 0 fully saturated rings. The second kappa shape index (κ2) is 8.65. The molecule has 0 aromatic heterocycles. The number of halogens is 4. The van der Waals surface area contributed by atoms with Crippen LogP contribution in [0.1, 0.15) is 32.6 Å². The van der Waals surface area contributed by atoms with Crippen molar-refractivity contribution in [1.82, 2.24) is 0 Å². The third-order valence-electron chi connectivity index (χ3n) is 3.56. The molecule has 5 heteroatoms. The van der Waals surface area contributed by atoms with E-state index >= 15 is 0 Å². The van der Waals surface area contributed by atoms with Gasteiger partial charge in [-0.1, -0.05) is 31.4 Å². The van der Waals surface area contributed by atoms with Gasteiger partial charge in [0.15, 0.2) is 0 Å². The van der Waals surface area contributed by atoms with Crippen LogP contribution in [0.3, 0.4) is 0 Å². The molecule has 1 aliphatic carbocycles. The van der Waals surface area contributed by atoms with Crippen LogP contribution >= 0.6 is 0 Å². The number of aliphatic imine (C=N–C) groups is 1. The van der Waals surface area contributed by atoms with Crippen LogP contribution in [0.4, 0.5) is 17.6 Å². The smallest absolute Gasteiger partial charge is 0.266 e. The zero-order chi connectivity index (χ0) is 17.5. The second-order valence-corrected chi connectivity index (χ2v) is 5.39. The van der Waals surface area contributed by atoms with E-state index < -0.39 is 18.4 Å². The Bertz CT molecular complexity index is 574. The quantitative estimate of drug-likeness (QED) is 0.561. The normalized spacial score (nSPS) is 17.3. The molecule has 1 nitrogen and oxygen atoms in total. The maximum absolute atomic E-state index is 12.1. The first-order chi connectivity index (χ1) is 10.8. The minimum atomic E-state index is -4.33. The number of rotatable bonds is 3. The van der Waals surface area contributed by atoms with Gasteiger partial charge >= 0.3 is 6.18 Å². The largest absolute Gasteiger partial charge is 0.416 e. The van der Waals surface area contributed by atoms with Crippen molar-refractivity contribution in [2.45, 2.75) is 38.8 Å². The molecular formula is C18H21F4N. The van der Waals surface area contributed by atoms with E-state index in [2.05, 4.69) is 24.2 Å². The Morgan fingerprint density at radius 2 is 1.87 bits per heavy atom. The summed E-state index contributed by atoms with van der Waals surface area (Å²) in [6.45, 7) is 8.01. The Labute approximate surface area is 134 Å². The van der Waals surface area contributed by atoms with Crippen LogP contribution in [-0.2, 0) is 0 Å². The molecule has 0 amide bonds. The zero-order valence-corrected chi connectivity index (χ0v) is 13.2. The van der Waals surface area contributed by atoms with Crippen LogP contribution in [0, 0.1) is 0 Å². The fourth-order valence-electron chi connectivity index (χ4n) is 2.03. The minimum absolute atomic E-state index is 0.193. The lowest BCUT2D eigenvalue weighted by molar-refractivity contribution is -0.0892. The number of alkyl halides is 4. The Kier molecular flexibility index (Phi) is 7.20. The molecule has 1 aliphatic heterocycles. The van der Waals surface area contributed by atoms with E-state index in [1.807, 2.05) is 12.2 Å². The maximum Gasteiger partial charge on any atom is 0.416 e. The SMILES string of the molecule is C=C(C1=CN=C(C)CC1)C(F)(F)F.C=C(CF)C1=CC=CCC1. The van der Waals surface area contributed by atoms with Gasteiger partial charge in [0.25, 0.3) is 0 Å². The van der Waals surface area contributed by atoms with Crippen molar-refractivity contribution >= 4 is 5.71 Å². The van der Waals surface area contributed by atoms with Crippen LogP contribution in [0.25, 0.3) is 0 Å². The summed E-state index contributed by atoms with van der Waals surface area (Å²) in [5.41, 5.74) is 1.97. The van der Waals surface area contributed by atoms with Crippen molar-refractivity contribution < 1.29 is 17.6 Å². The second-order valence-electron chi connectivity index (χ2n) is 5.39. The van der Waals surface area contributed by atoms with E-state index in [0.717, 1.165) is 24.1 Å². The molecule has 126 valence electrons. The van der Waals surface area contributed by atoms with Crippen molar-refractivity contribution in [3.8, 4) is 0 Å². The van der Waals surface area contributed by atoms with Crippen LogP contribution in [0.15, 0.2) is 64.9 Å². The molecule has 0 aromatic rings. The highest BCUT2D eigenvalue weighted by Crippen LogP contribution is 2.33. The molecule has 0 aromatic carbocycles. The number of nitrogens with zero attached hydrogens (tertiary/aromatic N) is 1. The van der Waals surface area contributed by atoms with Gasteiger partial charge in [0.1, 0.15) is 6.67 Å². The first-order valence-electron chi connectivity index (χ1n) is 7.34. The summed E-state index contributed by atoms with van der Waals surface area (Å²) in [7, 11) is 0. The maximum atomic E-state index is 12.1. The Hall–Kier alpha value is -1.91. The van der Waals surface area contributed by atoms with Crippen LogP contribution < -0.4 is 0 Å².